The summed E-state index contributed by atoms with van der Waals surface area (Å²) < 4.78 is 13.0. The smallest absolute Gasteiger partial charge is 0.141 e. The highest BCUT2D eigenvalue weighted by atomic mass is 19.1. The first-order valence-corrected chi connectivity index (χ1v) is 8.42. The van der Waals surface area contributed by atoms with E-state index in [4.69, 9.17) is 0 Å². The quantitative estimate of drug-likeness (QED) is 0.844. The molecular formula is C19H22FN3. The third-order valence-corrected chi connectivity index (χ3v) is 5.03. The van der Waals surface area contributed by atoms with Gasteiger partial charge in [-0.05, 0) is 54.2 Å². The Balaban J connectivity index is 1.53. The average Bonchev–Trinajstić information content (AvgIpc) is 3.01. The molecule has 4 heteroatoms. The second kappa shape index (κ2) is 5.84. The molecule has 2 aliphatic rings. The van der Waals surface area contributed by atoms with Crippen molar-refractivity contribution in [1.29, 1.82) is 0 Å². The van der Waals surface area contributed by atoms with E-state index in [1.807, 2.05) is 0 Å². The summed E-state index contributed by atoms with van der Waals surface area (Å²) in [5.41, 5.74) is 4.17. The van der Waals surface area contributed by atoms with E-state index in [9.17, 15) is 4.39 Å². The van der Waals surface area contributed by atoms with Gasteiger partial charge in [0.2, 0.25) is 0 Å². The van der Waals surface area contributed by atoms with Gasteiger partial charge in [-0.1, -0.05) is 13.0 Å². The Morgan fingerprint density at radius 1 is 1.09 bits per heavy atom. The van der Waals surface area contributed by atoms with Crippen molar-refractivity contribution in [2.24, 2.45) is 5.92 Å². The van der Waals surface area contributed by atoms with Crippen LogP contribution in [-0.2, 0) is 13.0 Å². The molecule has 0 unspecified atom stereocenters. The molecule has 3 heterocycles. The highest BCUT2D eigenvalue weighted by Gasteiger charge is 2.22. The maximum Gasteiger partial charge on any atom is 0.141 e. The highest BCUT2D eigenvalue weighted by molar-refractivity contribution is 5.54. The van der Waals surface area contributed by atoms with Gasteiger partial charge in [0.15, 0.2) is 0 Å². The molecule has 1 atom stereocenters. The number of pyridine rings is 1. The summed E-state index contributed by atoms with van der Waals surface area (Å²) in [5.74, 6) is 1.37. The van der Waals surface area contributed by atoms with Gasteiger partial charge < -0.3 is 9.80 Å². The lowest BCUT2D eigenvalue weighted by Gasteiger charge is -2.31. The van der Waals surface area contributed by atoms with Crippen LogP contribution in [0.4, 0.5) is 15.9 Å². The summed E-state index contributed by atoms with van der Waals surface area (Å²) >= 11 is 0. The maximum atomic E-state index is 13.0. The minimum atomic E-state index is -0.282. The molecule has 2 aliphatic heterocycles. The number of hydrogen-bond acceptors (Lipinski definition) is 3. The number of rotatable bonds is 2. The minimum absolute atomic E-state index is 0.282. The van der Waals surface area contributed by atoms with E-state index in [2.05, 4.69) is 39.9 Å². The first kappa shape index (κ1) is 14.5. The summed E-state index contributed by atoms with van der Waals surface area (Å²) in [4.78, 5) is 8.93. The second-order valence-electron chi connectivity index (χ2n) is 6.80. The van der Waals surface area contributed by atoms with Crippen LogP contribution < -0.4 is 9.80 Å². The molecule has 1 aromatic heterocycles. The third kappa shape index (κ3) is 2.90. The number of benzene rings is 1. The van der Waals surface area contributed by atoms with Crippen molar-refractivity contribution in [2.75, 3.05) is 29.4 Å². The Hall–Kier alpha value is -2.10. The number of hydrogen-bond donors (Lipinski definition) is 0. The molecule has 0 bridgehead atoms. The van der Waals surface area contributed by atoms with Crippen molar-refractivity contribution in [3.05, 3.63) is 53.5 Å². The molecule has 0 spiro atoms. The fourth-order valence-electron chi connectivity index (χ4n) is 3.66. The van der Waals surface area contributed by atoms with Gasteiger partial charge in [0.25, 0.3) is 0 Å². The number of fused-ring (bicyclic) bond motifs is 1. The molecule has 0 aliphatic carbocycles. The number of halogens is 1. The normalized spacial score (nSPS) is 20.7. The van der Waals surface area contributed by atoms with Crippen LogP contribution in [0.25, 0.3) is 0 Å². The Bertz CT molecular complexity index is 698. The zero-order valence-electron chi connectivity index (χ0n) is 13.5. The van der Waals surface area contributed by atoms with Crippen molar-refractivity contribution in [1.82, 2.24) is 4.98 Å². The molecule has 0 N–H and O–H groups in total. The third-order valence-electron chi connectivity index (χ3n) is 5.03. The monoisotopic (exact) mass is 311 g/mol. The molecule has 2 aromatic rings. The largest absolute Gasteiger partial charge is 0.371 e. The van der Waals surface area contributed by atoms with Crippen LogP contribution in [0.5, 0.6) is 0 Å². The zero-order chi connectivity index (χ0) is 15.8. The summed E-state index contributed by atoms with van der Waals surface area (Å²) in [6.07, 6.45) is 3.61. The van der Waals surface area contributed by atoms with Crippen LogP contribution in [0.3, 0.4) is 0 Å². The minimum Gasteiger partial charge on any atom is -0.371 e. The molecule has 23 heavy (non-hydrogen) atoms. The first-order chi connectivity index (χ1) is 11.2. The zero-order valence-corrected chi connectivity index (χ0v) is 13.5. The van der Waals surface area contributed by atoms with Crippen LogP contribution in [0.2, 0.25) is 0 Å². The van der Waals surface area contributed by atoms with Gasteiger partial charge in [-0.3, -0.25) is 0 Å². The van der Waals surface area contributed by atoms with Crippen molar-refractivity contribution < 1.29 is 4.39 Å². The van der Waals surface area contributed by atoms with Gasteiger partial charge in [0.1, 0.15) is 11.6 Å². The molecular weight excluding hydrogens is 289 g/mol. The van der Waals surface area contributed by atoms with Gasteiger partial charge in [0, 0.05) is 31.9 Å². The van der Waals surface area contributed by atoms with Crippen LogP contribution >= 0.6 is 0 Å². The van der Waals surface area contributed by atoms with Crippen molar-refractivity contribution in [2.45, 2.75) is 26.3 Å². The number of nitrogens with zero attached hydrogens (tertiary/aromatic N) is 3. The Labute approximate surface area is 136 Å². The maximum absolute atomic E-state index is 13.0. The van der Waals surface area contributed by atoms with Crippen molar-refractivity contribution in [3.63, 3.8) is 0 Å². The van der Waals surface area contributed by atoms with Crippen molar-refractivity contribution in [3.8, 4) is 0 Å². The van der Waals surface area contributed by atoms with E-state index in [1.165, 1.54) is 48.6 Å². The molecule has 4 rings (SSSR count). The SMILES string of the molecule is C[C@H]1CCN(c2ccc3c(c2)CCN(c2ccc(F)cn2)C3)C1. The molecule has 0 amide bonds. The van der Waals surface area contributed by atoms with Crippen LogP contribution in [0, 0.1) is 11.7 Å². The van der Waals surface area contributed by atoms with E-state index in [-0.39, 0.29) is 5.82 Å². The molecule has 1 aromatic carbocycles. The van der Waals surface area contributed by atoms with Crippen LogP contribution in [-0.4, -0.2) is 24.6 Å². The molecule has 0 radical (unpaired) electrons. The average molecular weight is 311 g/mol. The first-order valence-electron chi connectivity index (χ1n) is 8.42. The molecule has 120 valence electrons. The van der Waals surface area contributed by atoms with E-state index in [0.29, 0.717) is 0 Å². The van der Waals surface area contributed by atoms with Gasteiger partial charge in [-0.2, -0.15) is 0 Å². The fraction of sp³-hybridized carbons (Fsp3) is 0.421. The second-order valence-corrected chi connectivity index (χ2v) is 6.80. The van der Waals surface area contributed by atoms with Crippen LogP contribution in [0.1, 0.15) is 24.5 Å². The van der Waals surface area contributed by atoms with E-state index >= 15 is 0 Å². The lowest BCUT2D eigenvalue weighted by Crippen LogP contribution is -2.31. The number of aromatic nitrogens is 1. The summed E-state index contributed by atoms with van der Waals surface area (Å²) in [5, 5.41) is 0. The lowest BCUT2D eigenvalue weighted by atomic mass is 9.98. The predicted octanol–water partition coefficient (Wildman–Crippen LogP) is 3.63. The predicted molar refractivity (Wildman–Crippen MR) is 91.4 cm³/mol. The van der Waals surface area contributed by atoms with E-state index in [1.54, 1.807) is 6.07 Å². The highest BCUT2D eigenvalue weighted by Crippen LogP contribution is 2.29. The molecule has 0 saturated carbocycles. The Morgan fingerprint density at radius 2 is 2.00 bits per heavy atom. The lowest BCUT2D eigenvalue weighted by molar-refractivity contribution is 0.619. The summed E-state index contributed by atoms with van der Waals surface area (Å²) in [7, 11) is 0. The van der Waals surface area contributed by atoms with Crippen molar-refractivity contribution >= 4 is 11.5 Å². The fourth-order valence-corrected chi connectivity index (χ4v) is 3.66. The summed E-state index contributed by atoms with van der Waals surface area (Å²) in [6.45, 7) is 6.46. The Kier molecular flexibility index (Phi) is 3.68. The standard InChI is InChI=1S/C19H22FN3/c1-14-6-8-22(12-14)18-4-2-16-13-23(9-7-15(16)10-18)19-5-3-17(20)11-21-19/h2-5,10-11,14H,6-9,12-13H2,1H3/t14-/m0/s1. The topological polar surface area (TPSA) is 19.4 Å². The summed E-state index contributed by atoms with van der Waals surface area (Å²) in [6, 6.07) is 10.1. The number of anilines is 2. The van der Waals surface area contributed by atoms with E-state index in [0.717, 1.165) is 31.2 Å². The van der Waals surface area contributed by atoms with Gasteiger partial charge in [0.05, 0.1) is 6.20 Å². The van der Waals surface area contributed by atoms with Gasteiger partial charge >= 0.3 is 0 Å². The van der Waals surface area contributed by atoms with Gasteiger partial charge in [-0.15, -0.1) is 0 Å². The molecule has 1 fully saturated rings. The molecule has 1 saturated heterocycles. The van der Waals surface area contributed by atoms with Gasteiger partial charge in [-0.25, -0.2) is 9.37 Å². The molecule has 3 nitrogen and oxygen atoms in total. The van der Waals surface area contributed by atoms with E-state index < -0.39 is 0 Å². The van der Waals surface area contributed by atoms with Crippen LogP contribution in [0.15, 0.2) is 36.5 Å². The Morgan fingerprint density at radius 3 is 2.74 bits per heavy atom.